The molecule has 1 rings (SSSR count). The largest absolute Gasteiger partial charge is 0.431 e. The van der Waals surface area contributed by atoms with Gasteiger partial charge in [0.2, 0.25) is 0 Å². The van der Waals surface area contributed by atoms with Crippen molar-refractivity contribution >= 4 is 22.1 Å². The highest BCUT2D eigenvalue weighted by Crippen LogP contribution is 2.19. The number of hydrogen-bond acceptors (Lipinski definition) is 6. The van der Waals surface area contributed by atoms with Crippen molar-refractivity contribution in [3.05, 3.63) is 54.0 Å². The van der Waals surface area contributed by atoms with Gasteiger partial charge in [0, 0.05) is 0 Å². The first kappa shape index (κ1) is 35.6. The van der Waals surface area contributed by atoms with Crippen molar-refractivity contribution in [2.45, 2.75) is 134 Å². The van der Waals surface area contributed by atoms with Crippen LogP contribution in [0.2, 0.25) is 0 Å². The summed E-state index contributed by atoms with van der Waals surface area (Å²) < 4.78 is 42.9. The number of esters is 2. The minimum absolute atomic E-state index is 0.148. The number of hydrogen-bond donors (Lipinski definition) is 1. The fourth-order valence-electron chi connectivity index (χ4n) is 4.31. The van der Waals surface area contributed by atoms with Gasteiger partial charge in [-0.1, -0.05) is 104 Å². The van der Waals surface area contributed by atoms with E-state index in [0.29, 0.717) is 0 Å². The molecule has 0 aromatic heterocycles. The Morgan fingerprint density at radius 2 is 1.05 bits per heavy atom. The molecule has 0 aliphatic rings. The molecule has 0 aliphatic heterocycles. The Morgan fingerprint density at radius 1 is 0.650 bits per heavy atom. The average molecular weight is 579 g/mol. The smallest absolute Gasteiger partial charge is 0.343 e. The van der Waals surface area contributed by atoms with Crippen LogP contribution < -0.4 is 0 Å². The first-order chi connectivity index (χ1) is 19.3. The van der Waals surface area contributed by atoms with E-state index >= 15 is 0 Å². The molecule has 226 valence electrons. The van der Waals surface area contributed by atoms with E-state index in [2.05, 4.69) is 13.8 Å². The van der Waals surface area contributed by atoms with E-state index in [1.807, 2.05) is 0 Å². The van der Waals surface area contributed by atoms with Crippen LogP contribution >= 0.6 is 0 Å². The molecule has 1 N–H and O–H groups in total. The van der Waals surface area contributed by atoms with Crippen molar-refractivity contribution in [2.75, 3.05) is 0 Å². The maximum absolute atomic E-state index is 12.7. The van der Waals surface area contributed by atoms with Gasteiger partial charge in [0.05, 0.1) is 28.5 Å². The SMILES string of the molecule is CCCCCCCCCC/C=C/OC(=O)c1ccc(S(=O)(=O)O)cc1C(=O)O/C=C/CCCCCCCCCC. The van der Waals surface area contributed by atoms with Gasteiger partial charge < -0.3 is 9.47 Å². The van der Waals surface area contributed by atoms with Gasteiger partial charge in [-0.15, -0.1) is 0 Å². The summed E-state index contributed by atoms with van der Waals surface area (Å²) in [5.74, 6) is -1.73. The number of benzene rings is 1. The second-order valence-electron chi connectivity index (χ2n) is 10.3. The Labute approximate surface area is 242 Å². The number of carbonyl (C=O) groups is 2. The molecular formula is C32H50O7S. The van der Waals surface area contributed by atoms with Gasteiger partial charge in [0.1, 0.15) is 0 Å². The van der Waals surface area contributed by atoms with E-state index in [0.717, 1.165) is 56.7 Å². The Bertz CT molecular complexity index is 1010. The topological polar surface area (TPSA) is 107 Å². The number of allylic oxidation sites excluding steroid dienone is 2. The number of unbranched alkanes of at least 4 members (excludes halogenated alkanes) is 16. The van der Waals surface area contributed by atoms with Crippen LogP contribution in [-0.4, -0.2) is 24.9 Å². The van der Waals surface area contributed by atoms with Gasteiger partial charge in [0.15, 0.2) is 0 Å². The maximum atomic E-state index is 12.7. The fourth-order valence-corrected chi connectivity index (χ4v) is 4.81. The van der Waals surface area contributed by atoms with Gasteiger partial charge in [0.25, 0.3) is 10.1 Å². The summed E-state index contributed by atoms with van der Waals surface area (Å²) in [4.78, 5) is 24.8. The molecule has 8 heteroatoms. The highest BCUT2D eigenvalue weighted by molar-refractivity contribution is 7.85. The molecule has 0 saturated carbocycles. The number of rotatable bonds is 23. The van der Waals surface area contributed by atoms with Crippen molar-refractivity contribution in [1.82, 2.24) is 0 Å². The summed E-state index contributed by atoms with van der Waals surface area (Å²) >= 11 is 0. The van der Waals surface area contributed by atoms with Crippen molar-refractivity contribution in [3.8, 4) is 0 Å². The van der Waals surface area contributed by atoms with Crippen molar-refractivity contribution in [1.29, 1.82) is 0 Å². The third kappa shape index (κ3) is 16.6. The van der Waals surface area contributed by atoms with Crippen molar-refractivity contribution < 1.29 is 32.0 Å². The molecule has 0 spiro atoms. The summed E-state index contributed by atoms with van der Waals surface area (Å²) in [5, 5.41) is 0. The number of ether oxygens (including phenoxy) is 2. The lowest BCUT2D eigenvalue weighted by Crippen LogP contribution is -2.13. The monoisotopic (exact) mass is 578 g/mol. The lowest BCUT2D eigenvalue weighted by Gasteiger charge is -2.08. The van der Waals surface area contributed by atoms with Crippen molar-refractivity contribution in [3.63, 3.8) is 0 Å². The molecule has 0 aliphatic carbocycles. The molecule has 0 atom stereocenters. The average Bonchev–Trinajstić information content (AvgIpc) is 2.93. The third-order valence-electron chi connectivity index (χ3n) is 6.72. The molecule has 1 aromatic carbocycles. The first-order valence-corrected chi connectivity index (χ1v) is 16.6. The van der Waals surface area contributed by atoms with Gasteiger partial charge in [-0.2, -0.15) is 8.42 Å². The lowest BCUT2D eigenvalue weighted by molar-refractivity contribution is 0.0617. The van der Waals surface area contributed by atoms with Gasteiger partial charge in [-0.3, -0.25) is 4.55 Å². The minimum atomic E-state index is -4.58. The third-order valence-corrected chi connectivity index (χ3v) is 7.57. The quantitative estimate of drug-likeness (QED) is 0.0596. The molecule has 40 heavy (non-hydrogen) atoms. The van der Waals surface area contributed by atoms with Crippen LogP contribution in [0.5, 0.6) is 0 Å². The predicted molar refractivity (Wildman–Crippen MR) is 160 cm³/mol. The van der Waals surface area contributed by atoms with Crippen LogP contribution in [0.25, 0.3) is 0 Å². The summed E-state index contributed by atoms with van der Waals surface area (Å²) in [6, 6.07) is 3.11. The Balaban J connectivity index is 2.56. The van der Waals surface area contributed by atoms with Gasteiger partial charge >= 0.3 is 11.9 Å². The zero-order valence-electron chi connectivity index (χ0n) is 24.6. The molecule has 0 bridgehead atoms. The predicted octanol–water partition coefficient (Wildman–Crippen LogP) is 9.34. The molecule has 0 amide bonds. The Morgan fingerprint density at radius 3 is 1.48 bits per heavy atom. The fraction of sp³-hybridized carbons (Fsp3) is 0.625. The second kappa shape index (κ2) is 22.3. The van der Waals surface area contributed by atoms with E-state index in [1.165, 1.54) is 89.6 Å². The molecule has 0 heterocycles. The van der Waals surface area contributed by atoms with E-state index in [-0.39, 0.29) is 11.1 Å². The summed E-state index contributed by atoms with van der Waals surface area (Å²) in [6.07, 6.45) is 26.8. The molecule has 0 fully saturated rings. The van der Waals surface area contributed by atoms with Crippen LogP contribution in [0, 0.1) is 0 Å². The maximum Gasteiger partial charge on any atom is 0.343 e. The van der Waals surface area contributed by atoms with Crippen molar-refractivity contribution in [2.24, 2.45) is 0 Å². The molecule has 0 saturated heterocycles. The van der Waals surface area contributed by atoms with Crippen LogP contribution in [0.1, 0.15) is 150 Å². The molecule has 0 radical (unpaired) electrons. The van der Waals surface area contributed by atoms with Crippen LogP contribution in [0.4, 0.5) is 0 Å². The Kier molecular flexibility index (Phi) is 19.8. The molecule has 7 nitrogen and oxygen atoms in total. The van der Waals surface area contributed by atoms with Crippen LogP contribution in [0.3, 0.4) is 0 Å². The van der Waals surface area contributed by atoms with Gasteiger partial charge in [-0.25, -0.2) is 9.59 Å². The Hall–Kier alpha value is -2.45. The zero-order chi connectivity index (χ0) is 29.5. The van der Waals surface area contributed by atoms with Crippen LogP contribution in [0.15, 0.2) is 47.8 Å². The van der Waals surface area contributed by atoms with E-state index in [1.54, 1.807) is 12.2 Å². The normalized spacial score (nSPS) is 11.9. The van der Waals surface area contributed by atoms with E-state index < -0.39 is 27.0 Å². The van der Waals surface area contributed by atoms with E-state index in [4.69, 9.17) is 9.47 Å². The first-order valence-electron chi connectivity index (χ1n) is 15.1. The molecule has 1 aromatic rings. The van der Waals surface area contributed by atoms with Gasteiger partial charge in [-0.05, 0) is 56.0 Å². The summed E-state index contributed by atoms with van der Waals surface area (Å²) in [7, 11) is -4.58. The zero-order valence-corrected chi connectivity index (χ0v) is 25.4. The number of carbonyl (C=O) groups excluding carboxylic acids is 2. The minimum Gasteiger partial charge on any atom is -0.431 e. The summed E-state index contributed by atoms with van der Waals surface area (Å²) in [6.45, 7) is 4.41. The highest BCUT2D eigenvalue weighted by Gasteiger charge is 2.22. The van der Waals surface area contributed by atoms with Crippen LogP contribution in [-0.2, 0) is 19.6 Å². The lowest BCUT2D eigenvalue weighted by atomic mass is 10.1. The molecular weight excluding hydrogens is 528 g/mol. The molecule has 0 unspecified atom stereocenters. The standard InChI is InChI=1S/C32H50O7S/c1-3-5-7-9-11-13-15-17-19-21-25-38-31(33)29-24-23-28(40(35,36)37)27-30(29)32(34)39-26-22-20-18-16-14-12-10-8-6-4-2/h21-27H,3-20H2,1-2H3,(H,35,36,37)/b25-21+,26-22+. The van der Waals surface area contributed by atoms with E-state index in [9.17, 15) is 22.6 Å². The second-order valence-corrected chi connectivity index (χ2v) is 11.7. The summed E-state index contributed by atoms with van der Waals surface area (Å²) in [5.41, 5.74) is -0.445. The highest BCUT2D eigenvalue weighted by atomic mass is 32.2.